The molecule has 148 valence electrons. The quantitative estimate of drug-likeness (QED) is 0.305. The number of hydrogen-bond donors (Lipinski definition) is 0. The molecule has 0 aliphatic heterocycles. The van der Waals surface area contributed by atoms with Crippen LogP contribution in [0.25, 0.3) is 10.8 Å². The summed E-state index contributed by atoms with van der Waals surface area (Å²) in [5.74, 6) is 1.09. The number of benzene rings is 2. The van der Waals surface area contributed by atoms with Crippen LogP contribution in [0.2, 0.25) is 0 Å². The fourth-order valence-electron chi connectivity index (χ4n) is 3.41. The largest absolute Gasteiger partial charge is 0.496 e. The second-order valence-corrected chi connectivity index (χ2v) is 7.66. The molecule has 0 atom stereocenters. The highest BCUT2D eigenvalue weighted by Crippen LogP contribution is 2.28. The van der Waals surface area contributed by atoms with Crippen LogP contribution < -0.4 is 4.74 Å². The van der Waals surface area contributed by atoms with Gasteiger partial charge in [0.2, 0.25) is 0 Å². The molecule has 3 nitrogen and oxygen atoms in total. The van der Waals surface area contributed by atoms with Gasteiger partial charge in [0.1, 0.15) is 11.3 Å². The fraction of sp³-hybridized carbons (Fsp3) is 0.542. The van der Waals surface area contributed by atoms with Crippen molar-refractivity contribution >= 4 is 16.7 Å². The third-order valence-electron chi connectivity index (χ3n) is 4.97. The van der Waals surface area contributed by atoms with Gasteiger partial charge in [0.25, 0.3) is 0 Å². The molecule has 2 rings (SSSR count). The molecule has 0 N–H and O–H groups in total. The average molecular weight is 371 g/mol. The van der Waals surface area contributed by atoms with Crippen LogP contribution in [0.1, 0.15) is 75.6 Å². The molecule has 0 fully saturated rings. The first-order valence-corrected chi connectivity index (χ1v) is 10.4. The molecule has 0 saturated carbocycles. The maximum Gasteiger partial charge on any atom is 0.342 e. The van der Waals surface area contributed by atoms with E-state index < -0.39 is 0 Å². The zero-order valence-corrected chi connectivity index (χ0v) is 17.1. The Hall–Kier alpha value is -2.03. The molecule has 0 aliphatic rings. The fourth-order valence-corrected chi connectivity index (χ4v) is 3.41. The van der Waals surface area contributed by atoms with E-state index in [2.05, 4.69) is 13.8 Å². The average Bonchev–Trinajstić information content (AvgIpc) is 2.68. The van der Waals surface area contributed by atoms with E-state index in [0.717, 1.165) is 29.5 Å². The zero-order valence-electron chi connectivity index (χ0n) is 17.1. The van der Waals surface area contributed by atoms with Crippen molar-refractivity contribution in [3.8, 4) is 5.75 Å². The number of carbonyl (C=O) groups excluding carboxylic acids is 1. The van der Waals surface area contributed by atoms with Gasteiger partial charge in [0, 0.05) is 0 Å². The van der Waals surface area contributed by atoms with E-state index in [4.69, 9.17) is 9.47 Å². The van der Waals surface area contributed by atoms with E-state index in [1.54, 1.807) is 7.11 Å². The number of esters is 1. The topological polar surface area (TPSA) is 35.5 Å². The van der Waals surface area contributed by atoms with Gasteiger partial charge in [-0.05, 0) is 29.2 Å². The summed E-state index contributed by atoms with van der Waals surface area (Å²) in [6.45, 7) is 5.04. The minimum Gasteiger partial charge on any atom is -0.496 e. The van der Waals surface area contributed by atoms with Crippen molar-refractivity contribution in [1.29, 1.82) is 0 Å². The third kappa shape index (κ3) is 6.89. The van der Waals surface area contributed by atoms with E-state index >= 15 is 0 Å². The number of carbonyl (C=O) groups is 1. The van der Waals surface area contributed by atoms with Crippen LogP contribution in [0.5, 0.6) is 5.75 Å². The molecule has 0 aliphatic carbocycles. The van der Waals surface area contributed by atoms with Crippen molar-refractivity contribution in [2.45, 2.75) is 65.2 Å². The number of rotatable bonds is 12. The van der Waals surface area contributed by atoms with E-state index in [-0.39, 0.29) is 5.97 Å². The first-order chi connectivity index (χ1) is 13.1. The van der Waals surface area contributed by atoms with Crippen LogP contribution in [0.3, 0.4) is 0 Å². The number of ether oxygens (including phenoxy) is 2. The molecule has 0 radical (unpaired) electrons. The predicted molar refractivity (Wildman–Crippen MR) is 113 cm³/mol. The number of methoxy groups -OCH3 is 1. The molecule has 27 heavy (non-hydrogen) atoms. The summed E-state index contributed by atoms with van der Waals surface area (Å²) >= 11 is 0. The Morgan fingerprint density at radius 2 is 1.56 bits per heavy atom. The van der Waals surface area contributed by atoms with Gasteiger partial charge >= 0.3 is 5.97 Å². The summed E-state index contributed by atoms with van der Waals surface area (Å²) in [6, 6.07) is 11.6. The second-order valence-electron chi connectivity index (χ2n) is 7.66. The van der Waals surface area contributed by atoms with Crippen molar-refractivity contribution in [1.82, 2.24) is 0 Å². The van der Waals surface area contributed by atoms with Crippen LogP contribution in [0, 0.1) is 5.92 Å². The molecule has 3 heteroatoms. The van der Waals surface area contributed by atoms with Crippen molar-refractivity contribution in [2.24, 2.45) is 5.92 Å². The Morgan fingerprint density at radius 3 is 2.26 bits per heavy atom. The molecule has 0 spiro atoms. The van der Waals surface area contributed by atoms with Crippen LogP contribution in [-0.2, 0) is 4.74 Å². The van der Waals surface area contributed by atoms with E-state index in [1.807, 2.05) is 36.4 Å². The maximum atomic E-state index is 12.6. The zero-order chi connectivity index (χ0) is 19.5. The summed E-state index contributed by atoms with van der Waals surface area (Å²) in [6.07, 6.45) is 9.89. The predicted octanol–water partition coefficient (Wildman–Crippen LogP) is 6.78. The normalized spacial score (nSPS) is 11.1. The van der Waals surface area contributed by atoms with Gasteiger partial charge in [-0.1, -0.05) is 89.1 Å². The molecule has 0 bridgehead atoms. The molecule has 0 amide bonds. The number of unbranched alkanes of at least 4 members (excludes halogenated alkanes) is 6. The van der Waals surface area contributed by atoms with Crippen molar-refractivity contribution in [3.63, 3.8) is 0 Å². The molecule has 2 aromatic rings. The van der Waals surface area contributed by atoms with E-state index in [9.17, 15) is 4.79 Å². The summed E-state index contributed by atoms with van der Waals surface area (Å²) in [7, 11) is 1.59. The lowest BCUT2D eigenvalue weighted by Gasteiger charge is -2.12. The van der Waals surface area contributed by atoms with Gasteiger partial charge in [-0.3, -0.25) is 0 Å². The molecule has 0 aromatic heterocycles. The first kappa shape index (κ1) is 21.3. The van der Waals surface area contributed by atoms with E-state index in [1.165, 1.54) is 38.5 Å². The Bertz CT molecular complexity index is 706. The standard InChI is InChI=1S/C24H34O3/c1-19(2)13-9-7-5-4-6-8-12-18-27-24(25)23-21-15-11-10-14-20(21)16-17-22(23)26-3/h10-11,14-17,19H,4-9,12-13,18H2,1-3H3. The first-order valence-electron chi connectivity index (χ1n) is 10.4. The lowest BCUT2D eigenvalue weighted by Crippen LogP contribution is -2.09. The molecular formula is C24H34O3. The lowest BCUT2D eigenvalue weighted by molar-refractivity contribution is 0.0496. The molecule has 2 aromatic carbocycles. The molecular weight excluding hydrogens is 336 g/mol. The highest BCUT2D eigenvalue weighted by Gasteiger charge is 2.17. The van der Waals surface area contributed by atoms with Gasteiger partial charge in [-0.2, -0.15) is 0 Å². The second kappa shape index (κ2) is 11.6. The van der Waals surface area contributed by atoms with Crippen molar-refractivity contribution in [2.75, 3.05) is 13.7 Å². The van der Waals surface area contributed by atoms with Crippen molar-refractivity contribution < 1.29 is 14.3 Å². The molecule has 0 unspecified atom stereocenters. The van der Waals surface area contributed by atoms with E-state index in [0.29, 0.717) is 17.9 Å². The van der Waals surface area contributed by atoms with Crippen LogP contribution in [0.15, 0.2) is 36.4 Å². The Kier molecular flexibility index (Phi) is 9.17. The maximum absolute atomic E-state index is 12.6. The summed E-state index contributed by atoms with van der Waals surface area (Å²) in [5.41, 5.74) is 0.528. The minimum absolute atomic E-state index is 0.294. The minimum atomic E-state index is -0.294. The summed E-state index contributed by atoms with van der Waals surface area (Å²) in [4.78, 5) is 12.6. The Labute approximate surface area is 164 Å². The van der Waals surface area contributed by atoms with Gasteiger partial charge in [0.05, 0.1) is 13.7 Å². The molecule has 0 saturated heterocycles. The summed E-state index contributed by atoms with van der Waals surface area (Å²) in [5, 5.41) is 1.89. The SMILES string of the molecule is COc1ccc2ccccc2c1C(=O)OCCCCCCCCCC(C)C. The monoisotopic (exact) mass is 370 g/mol. The lowest BCUT2D eigenvalue weighted by atomic mass is 10.0. The van der Waals surface area contributed by atoms with Gasteiger partial charge in [0.15, 0.2) is 0 Å². The number of hydrogen-bond acceptors (Lipinski definition) is 3. The van der Waals surface area contributed by atoms with Gasteiger partial charge in [-0.25, -0.2) is 4.79 Å². The van der Waals surface area contributed by atoms with Crippen molar-refractivity contribution in [3.05, 3.63) is 42.0 Å². The Balaban J connectivity index is 1.71. The number of fused-ring (bicyclic) bond motifs is 1. The highest BCUT2D eigenvalue weighted by molar-refractivity contribution is 6.07. The Morgan fingerprint density at radius 1 is 0.889 bits per heavy atom. The smallest absolute Gasteiger partial charge is 0.342 e. The summed E-state index contributed by atoms with van der Waals surface area (Å²) < 4.78 is 10.9. The van der Waals surface area contributed by atoms with Crippen LogP contribution >= 0.6 is 0 Å². The van der Waals surface area contributed by atoms with Gasteiger partial charge < -0.3 is 9.47 Å². The van der Waals surface area contributed by atoms with Crippen LogP contribution in [-0.4, -0.2) is 19.7 Å². The third-order valence-corrected chi connectivity index (χ3v) is 4.97. The van der Waals surface area contributed by atoms with Crippen LogP contribution in [0.4, 0.5) is 0 Å². The molecule has 0 heterocycles. The van der Waals surface area contributed by atoms with Gasteiger partial charge in [-0.15, -0.1) is 0 Å². The highest BCUT2D eigenvalue weighted by atomic mass is 16.5.